The molecule has 0 aliphatic carbocycles. The maximum Gasteiger partial charge on any atom is 0.272 e. The molecule has 86 valence electrons. The quantitative estimate of drug-likeness (QED) is 0.453. The summed E-state index contributed by atoms with van der Waals surface area (Å²) in [5, 5.41) is 21.9. The molecule has 0 spiro atoms. The average molecular weight is 231 g/mol. The second-order valence-electron chi connectivity index (χ2n) is 3.39. The fraction of sp³-hybridized carbons (Fsp3) is 0.100. The van der Waals surface area contributed by atoms with Crippen LogP contribution in [0, 0.1) is 17.0 Å². The van der Waals surface area contributed by atoms with Crippen LogP contribution in [0.4, 0.5) is 5.69 Å². The van der Waals surface area contributed by atoms with Crippen molar-refractivity contribution in [2.75, 3.05) is 0 Å². The minimum Gasteiger partial charge on any atom is -0.258 e. The van der Waals surface area contributed by atoms with Gasteiger partial charge in [-0.15, -0.1) is 10.2 Å². The maximum atomic E-state index is 10.7. The number of rotatable bonds is 3. The van der Waals surface area contributed by atoms with Gasteiger partial charge in [0.05, 0.1) is 11.1 Å². The van der Waals surface area contributed by atoms with Gasteiger partial charge in [-0.2, -0.15) is 5.10 Å². The summed E-state index contributed by atoms with van der Waals surface area (Å²) in [6.45, 7) is 1.69. The first-order chi connectivity index (χ1) is 8.16. The van der Waals surface area contributed by atoms with E-state index in [1.807, 2.05) is 0 Å². The second-order valence-corrected chi connectivity index (χ2v) is 3.39. The van der Waals surface area contributed by atoms with Gasteiger partial charge in [0.25, 0.3) is 5.69 Å². The molecule has 0 atom stereocenters. The highest BCUT2D eigenvalue weighted by Gasteiger charge is 2.09. The lowest BCUT2D eigenvalue weighted by Crippen LogP contribution is -1.94. The zero-order valence-electron chi connectivity index (χ0n) is 9.02. The molecule has 0 aliphatic rings. The van der Waals surface area contributed by atoms with E-state index in [0.29, 0.717) is 11.1 Å². The Morgan fingerprint density at radius 1 is 1.41 bits per heavy atom. The van der Waals surface area contributed by atoms with Crippen LogP contribution in [0.3, 0.4) is 0 Å². The summed E-state index contributed by atoms with van der Waals surface area (Å²) in [7, 11) is 0. The van der Waals surface area contributed by atoms with Crippen LogP contribution in [0.15, 0.2) is 36.0 Å². The van der Waals surface area contributed by atoms with Crippen LogP contribution in [0.1, 0.15) is 11.1 Å². The number of nitro groups is 1. The van der Waals surface area contributed by atoms with Crippen molar-refractivity contribution in [1.82, 2.24) is 14.9 Å². The third-order valence-electron chi connectivity index (χ3n) is 2.18. The maximum absolute atomic E-state index is 10.7. The molecule has 0 aliphatic heterocycles. The van der Waals surface area contributed by atoms with Crippen LogP contribution in [0.5, 0.6) is 0 Å². The highest BCUT2D eigenvalue weighted by atomic mass is 16.6. The predicted molar refractivity (Wildman–Crippen MR) is 60.8 cm³/mol. The van der Waals surface area contributed by atoms with Crippen molar-refractivity contribution >= 4 is 11.9 Å². The fourth-order valence-corrected chi connectivity index (χ4v) is 1.29. The molecule has 1 aromatic carbocycles. The Bertz CT molecular complexity index is 562. The van der Waals surface area contributed by atoms with Crippen molar-refractivity contribution in [3.63, 3.8) is 0 Å². The molecule has 2 rings (SSSR count). The van der Waals surface area contributed by atoms with Crippen molar-refractivity contribution in [3.05, 3.63) is 52.1 Å². The van der Waals surface area contributed by atoms with E-state index in [1.54, 1.807) is 19.1 Å². The van der Waals surface area contributed by atoms with Gasteiger partial charge in [0, 0.05) is 17.2 Å². The van der Waals surface area contributed by atoms with Crippen LogP contribution in [-0.4, -0.2) is 26.0 Å². The fourth-order valence-electron chi connectivity index (χ4n) is 1.29. The SMILES string of the molecule is Cc1ccc(C=Nn2cnnc2)cc1[N+](=O)[O-]. The monoisotopic (exact) mass is 231 g/mol. The Labute approximate surface area is 96.6 Å². The van der Waals surface area contributed by atoms with Gasteiger partial charge in [0.15, 0.2) is 0 Å². The Morgan fingerprint density at radius 2 is 2.12 bits per heavy atom. The van der Waals surface area contributed by atoms with Crippen molar-refractivity contribution in [2.24, 2.45) is 5.10 Å². The lowest BCUT2D eigenvalue weighted by atomic mass is 10.1. The van der Waals surface area contributed by atoms with Gasteiger partial charge in [0.2, 0.25) is 0 Å². The molecule has 0 bridgehead atoms. The van der Waals surface area contributed by atoms with Crippen molar-refractivity contribution in [3.8, 4) is 0 Å². The summed E-state index contributed by atoms with van der Waals surface area (Å²) in [5.41, 5.74) is 1.35. The third-order valence-corrected chi connectivity index (χ3v) is 2.18. The number of hydrogen-bond acceptors (Lipinski definition) is 5. The Hall–Kier alpha value is -2.57. The molecular formula is C10H9N5O2. The molecule has 7 nitrogen and oxygen atoms in total. The van der Waals surface area contributed by atoms with E-state index >= 15 is 0 Å². The molecule has 0 saturated carbocycles. The summed E-state index contributed by atoms with van der Waals surface area (Å²) in [4.78, 5) is 10.3. The van der Waals surface area contributed by atoms with Crippen molar-refractivity contribution in [2.45, 2.75) is 6.92 Å². The molecule has 0 unspecified atom stereocenters. The van der Waals surface area contributed by atoms with Gasteiger partial charge in [-0.1, -0.05) is 12.1 Å². The summed E-state index contributed by atoms with van der Waals surface area (Å²) in [5.74, 6) is 0. The highest BCUT2D eigenvalue weighted by Crippen LogP contribution is 2.18. The lowest BCUT2D eigenvalue weighted by Gasteiger charge is -1.98. The van der Waals surface area contributed by atoms with E-state index in [4.69, 9.17) is 0 Å². The minimum atomic E-state index is -0.411. The topological polar surface area (TPSA) is 86.2 Å². The Morgan fingerprint density at radius 3 is 2.76 bits per heavy atom. The van der Waals surface area contributed by atoms with Crippen molar-refractivity contribution < 1.29 is 4.92 Å². The molecule has 0 amide bonds. The number of benzene rings is 1. The first kappa shape index (κ1) is 10.9. The van der Waals surface area contributed by atoms with Gasteiger partial charge in [-0.05, 0) is 6.92 Å². The molecule has 0 fully saturated rings. The zero-order valence-corrected chi connectivity index (χ0v) is 9.02. The molecule has 17 heavy (non-hydrogen) atoms. The van der Waals surface area contributed by atoms with Crippen LogP contribution in [0.25, 0.3) is 0 Å². The summed E-state index contributed by atoms with van der Waals surface area (Å²) >= 11 is 0. The van der Waals surface area contributed by atoms with Gasteiger partial charge in [-0.25, -0.2) is 4.68 Å². The van der Waals surface area contributed by atoms with E-state index in [-0.39, 0.29) is 5.69 Å². The van der Waals surface area contributed by atoms with Crippen LogP contribution in [0.2, 0.25) is 0 Å². The third kappa shape index (κ3) is 2.51. The van der Waals surface area contributed by atoms with E-state index in [0.717, 1.165) is 0 Å². The van der Waals surface area contributed by atoms with Gasteiger partial charge in [0.1, 0.15) is 12.7 Å². The highest BCUT2D eigenvalue weighted by molar-refractivity contribution is 5.80. The van der Waals surface area contributed by atoms with Crippen LogP contribution in [-0.2, 0) is 0 Å². The molecule has 0 radical (unpaired) electrons. The Balaban J connectivity index is 2.28. The summed E-state index contributed by atoms with van der Waals surface area (Å²) < 4.78 is 1.41. The first-order valence-corrected chi connectivity index (χ1v) is 4.81. The molecule has 0 N–H and O–H groups in total. The van der Waals surface area contributed by atoms with Crippen LogP contribution < -0.4 is 0 Å². The van der Waals surface area contributed by atoms with Gasteiger partial charge < -0.3 is 0 Å². The summed E-state index contributed by atoms with van der Waals surface area (Å²) in [6.07, 6.45) is 4.37. The number of hydrogen-bond donors (Lipinski definition) is 0. The number of nitrogens with zero attached hydrogens (tertiary/aromatic N) is 5. The lowest BCUT2D eigenvalue weighted by molar-refractivity contribution is -0.385. The largest absolute Gasteiger partial charge is 0.272 e. The standard InChI is InChI=1S/C10H9N5O2/c1-8-2-3-9(4-10(8)15(16)17)5-13-14-6-11-12-7-14/h2-7H,1H3. The van der Waals surface area contributed by atoms with Crippen molar-refractivity contribution in [1.29, 1.82) is 0 Å². The normalized spacial score (nSPS) is 10.9. The first-order valence-electron chi connectivity index (χ1n) is 4.81. The smallest absolute Gasteiger partial charge is 0.258 e. The average Bonchev–Trinajstić information content (AvgIpc) is 2.80. The minimum absolute atomic E-state index is 0.0812. The van der Waals surface area contributed by atoms with E-state index < -0.39 is 4.92 Å². The molecule has 1 aromatic heterocycles. The molecule has 0 saturated heterocycles. The Kier molecular flexibility index (Phi) is 2.91. The predicted octanol–water partition coefficient (Wildman–Crippen LogP) is 1.38. The molecule has 7 heteroatoms. The van der Waals surface area contributed by atoms with E-state index in [9.17, 15) is 10.1 Å². The van der Waals surface area contributed by atoms with Gasteiger partial charge >= 0.3 is 0 Å². The zero-order chi connectivity index (χ0) is 12.3. The number of aromatic nitrogens is 3. The van der Waals surface area contributed by atoms with Gasteiger partial charge in [-0.3, -0.25) is 10.1 Å². The molecular weight excluding hydrogens is 222 g/mol. The van der Waals surface area contributed by atoms with Crippen LogP contribution >= 0.6 is 0 Å². The number of nitro benzene ring substituents is 1. The van der Waals surface area contributed by atoms with E-state index in [2.05, 4.69) is 15.3 Å². The molecule has 2 aromatic rings. The number of aryl methyl sites for hydroxylation is 1. The second kappa shape index (κ2) is 4.52. The summed E-state index contributed by atoms with van der Waals surface area (Å²) in [6, 6.07) is 4.92. The van der Waals surface area contributed by atoms with E-state index in [1.165, 1.54) is 29.6 Å². The molecule has 1 heterocycles.